The molecule has 4 rings (SSSR count). The zero-order valence-electron chi connectivity index (χ0n) is 18.9. The van der Waals surface area contributed by atoms with Gasteiger partial charge in [-0.25, -0.2) is 4.39 Å². The van der Waals surface area contributed by atoms with Crippen LogP contribution in [0.5, 0.6) is 0 Å². The maximum atomic E-state index is 13.7. The van der Waals surface area contributed by atoms with E-state index in [0.717, 1.165) is 31.2 Å². The summed E-state index contributed by atoms with van der Waals surface area (Å²) in [6.45, 7) is 7.06. The van der Waals surface area contributed by atoms with Gasteiger partial charge in [-0.05, 0) is 70.6 Å². The molecule has 2 fully saturated rings. The van der Waals surface area contributed by atoms with Crippen LogP contribution in [0.2, 0.25) is 0 Å². The molecule has 2 saturated heterocycles. The van der Waals surface area contributed by atoms with Crippen LogP contribution in [0, 0.1) is 11.7 Å². The third kappa shape index (κ3) is 4.76. The van der Waals surface area contributed by atoms with E-state index in [2.05, 4.69) is 15.5 Å². The maximum absolute atomic E-state index is 13.7. The maximum Gasteiger partial charge on any atom is 0.253 e. The van der Waals surface area contributed by atoms with Gasteiger partial charge in [0.25, 0.3) is 5.91 Å². The Kier molecular flexibility index (Phi) is 5.81. The van der Waals surface area contributed by atoms with Crippen molar-refractivity contribution in [3.63, 3.8) is 0 Å². The summed E-state index contributed by atoms with van der Waals surface area (Å²) in [7, 11) is 1.86. The predicted octanol–water partition coefficient (Wildman–Crippen LogP) is 3.20. The number of carbonyl (C=O) groups is 2. The van der Waals surface area contributed by atoms with Crippen molar-refractivity contribution in [3.05, 3.63) is 35.8 Å². The largest absolute Gasteiger partial charge is 0.352 e. The average molecular weight is 429 g/mol. The van der Waals surface area contributed by atoms with Crippen molar-refractivity contribution in [1.82, 2.24) is 20.1 Å². The summed E-state index contributed by atoms with van der Waals surface area (Å²) in [5, 5.41) is 6.77. The number of piperidine rings is 1. The lowest BCUT2D eigenvalue weighted by Crippen LogP contribution is -2.52. The minimum atomic E-state index is -0.341. The fourth-order valence-corrected chi connectivity index (χ4v) is 5.31. The molecule has 168 valence electrons. The third-order valence-electron chi connectivity index (χ3n) is 6.57. The van der Waals surface area contributed by atoms with Crippen molar-refractivity contribution < 1.29 is 14.0 Å². The molecule has 0 aliphatic carbocycles. The first kappa shape index (κ1) is 21.8. The lowest BCUT2D eigenvalue weighted by molar-refractivity contribution is -0.125. The molecular formula is C24H33FN4O2. The molecular weight excluding hydrogens is 395 g/mol. The van der Waals surface area contributed by atoms with Crippen LogP contribution < -0.4 is 10.6 Å². The van der Waals surface area contributed by atoms with Crippen molar-refractivity contribution in [2.24, 2.45) is 13.0 Å². The van der Waals surface area contributed by atoms with Gasteiger partial charge in [0.1, 0.15) is 5.82 Å². The number of aromatic nitrogens is 1. The third-order valence-corrected chi connectivity index (χ3v) is 6.57. The number of fused-ring (bicyclic) bond motifs is 3. The fourth-order valence-electron chi connectivity index (χ4n) is 5.31. The Bertz CT molecular complexity index is 979. The van der Waals surface area contributed by atoms with Crippen LogP contribution in [0.4, 0.5) is 4.39 Å². The van der Waals surface area contributed by atoms with Crippen LogP contribution >= 0.6 is 0 Å². The fraction of sp³-hybridized carbons (Fsp3) is 0.583. The average Bonchev–Trinajstić information content (AvgIpc) is 3.10. The molecule has 7 heteroatoms. The van der Waals surface area contributed by atoms with Gasteiger partial charge in [0.2, 0.25) is 5.91 Å². The quantitative estimate of drug-likeness (QED) is 0.769. The van der Waals surface area contributed by atoms with Crippen molar-refractivity contribution in [1.29, 1.82) is 0 Å². The van der Waals surface area contributed by atoms with Gasteiger partial charge in [-0.1, -0.05) is 0 Å². The number of hydrogen-bond donors (Lipinski definition) is 2. The van der Waals surface area contributed by atoms with Crippen molar-refractivity contribution in [2.45, 2.75) is 64.1 Å². The Morgan fingerprint density at radius 1 is 1.16 bits per heavy atom. The smallest absolute Gasteiger partial charge is 0.253 e. The van der Waals surface area contributed by atoms with Gasteiger partial charge in [-0.3, -0.25) is 14.5 Å². The zero-order valence-corrected chi connectivity index (χ0v) is 18.9. The summed E-state index contributed by atoms with van der Waals surface area (Å²) < 4.78 is 15.6. The van der Waals surface area contributed by atoms with Crippen molar-refractivity contribution in [3.8, 4) is 0 Å². The molecule has 2 N–H and O–H groups in total. The molecule has 2 amide bonds. The van der Waals surface area contributed by atoms with Gasteiger partial charge < -0.3 is 15.2 Å². The summed E-state index contributed by atoms with van der Waals surface area (Å²) in [6.07, 6.45) is 5.97. The van der Waals surface area contributed by atoms with E-state index in [1.54, 1.807) is 12.3 Å². The van der Waals surface area contributed by atoms with E-state index in [1.165, 1.54) is 12.1 Å². The Morgan fingerprint density at radius 3 is 2.48 bits per heavy atom. The number of aryl methyl sites for hydroxylation is 1. The van der Waals surface area contributed by atoms with Crippen LogP contribution in [0.1, 0.15) is 56.8 Å². The molecule has 0 spiro atoms. The number of hydrogen-bond acceptors (Lipinski definition) is 3. The molecule has 2 aromatic rings. The van der Waals surface area contributed by atoms with Crippen molar-refractivity contribution in [2.75, 3.05) is 13.1 Å². The van der Waals surface area contributed by atoms with Crippen LogP contribution in [0.3, 0.4) is 0 Å². The summed E-state index contributed by atoms with van der Waals surface area (Å²) >= 11 is 0. The Labute approximate surface area is 183 Å². The van der Waals surface area contributed by atoms with Gasteiger partial charge >= 0.3 is 0 Å². The molecule has 0 saturated carbocycles. The van der Waals surface area contributed by atoms with Crippen molar-refractivity contribution >= 4 is 22.7 Å². The second kappa shape index (κ2) is 8.26. The number of rotatable bonds is 5. The number of carbonyl (C=O) groups excluding carboxylic acids is 2. The highest BCUT2D eigenvalue weighted by Crippen LogP contribution is 2.38. The summed E-state index contributed by atoms with van der Waals surface area (Å²) in [6, 6.07) is 5.34. The Morgan fingerprint density at radius 2 is 1.84 bits per heavy atom. The molecule has 0 unspecified atom stereocenters. The number of amides is 2. The van der Waals surface area contributed by atoms with E-state index < -0.39 is 0 Å². The second-order valence-electron chi connectivity index (χ2n) is 10.2. The number of nitrogens with one attached hydrogen (secondary N) is 2. The second-order valence-corrected chi connectivity index (χ2v) is 10.2. The monoisotopic (exact) mass is 428 g/mol. The first-order chi connectivity index (χ1) is 14.6. The number of nitrogens with zero attached hydrogens (tertiary/aromatic N) is 2. The van der Waals surface area contributed by atoms with E-state index in [9.17, 15) is 14.0 Å². The topological polar surface area (TPSA) is 66.4 Å². The lowest BCUT2D eigenvalue weighted by atomic mass is 9.90. The SMILES string of the molecule is Cn1cc(C(=O)NC[C@@H]2C[C@H]3CC[C@@H](C2)N3CC(=O)NC(C)(C)C)c2cc(F)ccc21. The van der Waals surface area contributed by atoms with Gasteiger partial charge in [0, 0.05) is 48.3 Å². The minimum absolute atomic E-state index is 0.0827. The Balaban J connectivity index is 1.35. The molecule has 0 radical (unpaired) electrons. The molecule has 2 aliphatic rings. The molecule has 31 heavy (non-hydrogen) atoms. The summed E-state index contributed by atoms with van der Waals surface area (Å²) in [5.41, 5.74) is 1.13. The predicted molar refractivity (Wildman–Crippen MR) is 119 cm³/mol. The van der Waals surface area contributed by atoms with E-state index >= 15 is 0 Å². The van der Waals surface area contributed by atoms with Gasteiger partial charge in [-0.2, -0.15) is 0 Å². The lowest BCUT2D eigenvalue weighted by Gasteiger charge is -2.39. The summed E-state index contributed by atoms with van der Waals surface area (Å²) in [4.78, 5) is 27.6. The van der Waals surface area contributed by atoms with Crippen LogP contribution in [-0.4, -0.2) is 52.0 Å². The minimum Gasteiger partial charge on any atom is -0.352 e. The molecule has 3 atom stereocenters. The van der Waals surface area contributed by atoms with E-state index in [4.69, 9.17) is 0 Å². The van der Waals surface area contributed by atoms with E-state index in [0.29, 0.717) is 42.0 Å². The Hall–Kier alpha value is -2.41. The number of halogens is 1. The van der Waals surface area contributed by atoms with Crippen LogP contribution in [0.25, 0.3) is 10.9 Å². The first-order valence-electron chi connectivity index (χ1n) is 11.2. The van der Waals surface area contributed by atoms with Gasteiger partial charge in [0.15, 0.2) is 0 Å². The van der Waals surface area contributed by atoms with E-state index in [-0.39, 0.29) is 23.2 Å². The normalized spacial score (nSPS) is 23.8. The molecule has 2 bridgehead atoms. The zero-order chi connectivity index (χ0) is 22.3. The molecule has 2 aliphatic heterocycles. The molecule has 1 aromatic carbocycles. The summed E-state index contributed by atoms with van der Waals surface area (Å²) in [5.74, 6) is -0.0165. The first-order valence-corrected chi connectivity index (χ1v) is 11.2. The highest BCUT2D eigenvalue weighted by atomic mass is 19.1. The highest BCUT2D eigenvalue weighted by Gasteiger charge is 2.41. The standard InChI is InChI=1S/C24H33FN4O2/c1-24(2,3)27-22(30)14-29-17-6-7-18(29)10-15(9-17)12-26-23(31)20-13-28(4)21-8-5-16(25)11-19(20)21/h5,8,11,13,15,17-18H,6-7,9-10,12,14H2,1-4H3,(H,26,31)(H,27,30)/t15-,17-,18+. The highest BCUT2D eigenvalue weighted by molar-refractivity contribution is 6.07. The van der Waals surface area contributed by atoms with Crippen LogP contribution in [0.15, 0.2) is 24.4 Å². The van der Waals surface area contributed by atoms with Gasteiger partial charge in [0.05, 0.1) is 12.1 Å². The van der Waals surface area contributed by atoms with E-state index in [1.807, 2.05) is 32.4 Å². The van der Waals surface area contributed by atoms with Gasteiger partial charge in [-0.15, -0.1) is 0 Å². The molecule has 1 aromatic heterocycles. The number of benzene rings is 1. The molecule has 3 heterocycles. The van der Waals surface area contributed by atoms with Crippen LogP contribution in [-0.2, 0) is 11.8 Å². The molecule has 6 nitrogen and oxygen atoms in total.